The SMILES string of the molecule is O=C(O)CNC(=O)c1cccc(-c2cc3c(cc2F)NC(=O)CC3)c1. The van der Waals surface area contributed by atoms with Crippen molar-refractivity contribution in [3.05, 3.63) is 53.3 Å². The molecule has 3 N–H and O–H groups in total. The molecule has 7 heteroatoms. The zero-order chi connectivity index (χ0) is 18.0. The van der Waals surface area contributed by atoms with Gasteiger partial charge in [-0.2, -0.15) is 0 Å². The number of anilines is 1. The van der Waals surface area contributed by atoms with Crippen LogP contribution in [0.15, 0.2) is 36.4 Å². The van der Waals surface area contributed by atoms with Crippen molar-refractivity contribution in [2.75, 3.05) is 11.9 Å². The van der Waals surface area contributed by atoms with Gasteiger partial charge in [0.2, 0.25) is 5.91 Å². The molecule has 0 unspecified atom stereocenters. The van der Waals surface area contributed by atoms with Crippen LogP contribution in [0.25, 0.3) is 11.1 Å². The largest absolute Gasteiger partial charge is 0.480 e. The number of amides is 2. The zero-order valence-corrected chi connectivity index (χ0v) is 13.1. The number of hydrogen-bond donors (Lipinski definition) is 3. The average molecular weight is 342 g/mol. The Kier molecular flexibility index (Phi) is 4.47. The predicted octanol–water partition coefficient (Wildman–Crippen LogP) is 2.19. The van der Waals surface area contributed by atoms with Crippen molar-refractivity contribution in [3.8, 4) is 11.1 Å². The van der Waals surface area contributed by atoms with Crippen LogP contribution in [0.1, 0.15) is 22.3 Å². The Bertz CT molecular complexity index is 879. The lowest BCUT2D eigenvalue weighted by Crippen LogP contribution is -2.29. The number of fused-ring (bicyclic) bond motifs is 1. The number of rotatable bonds is 4. The van der Waals surface area contributed by atoms with Gasteiger partial charge >= 0.3 is 5.97 Å². The van der Waals surface area contributed by atoms with E-state index < -0.39 is 24.2 Å². The van der Waals surface area contributed by atoms with Crippen LogP contribution in [0.4, 0.5) is 10.1 Å². The van der Waals surface area contributed by atoms with E-state index in [-0.39, 0.29) is 11.5 Å². The minimum atomic E-state index is -1.15. The fourth-order valence-electron chi connectivity index (χ4n) is 2.71. The van der Waals surface area contributed by atoms with Gasteiger partial charge in [0.25, 0.3) is 5.91 Å². The fourth-order valence-corrected chi connectivity index (χ4v) is 2.71. The first-order valence-electron chi connectivity index (χ1n) is 7.67. The Labute approximate surface area is 142 Å². The highest BCUT2D eigenvalue weighted by Gasteiger charge is 2.18. The molecule has 0 radical (unpaired) electrons. The number of carboxylic acid groups (broad SMARTS) is 1. The van der Waals surface area contributed by atoms with E-state index >= 15 is 0 Å². The molecule has 2 aromatic carbocycles. The van der Waals surface area contributed by atoms with Crippen molar-refractivity contribution >= 4 is 23.5 Å². The summed E-state index contributed by atoms with van der Waals surface area (Å²) >= 11 is 0. The minimum Gasteiger partial charge on any atom is -0.480 e. The summed E-state index contributed by atoms with van der Waals surface area (Å²) < 4.78 is 14.4. The highest BCUT2D eigenvalue weighted by Crippen LogP contribution is 2.31. The maximum atomic E-state index is 14.4. The quantitative estimate of drug-likeness (QED) is 0.794. The summed E-state index contributed by atoms with van der Waals surface area (Å²) in [5.74, 6) is -2.34. The second kappa shape index (κ2) is 6.72. The third-order valence-corrected chi connectivity index (χ3v) is 3.92. The number of nitrogens with one attached hydrogen (secondary N) is 2. The maximum absolute atomic E-state index is 14.4. The molecule has 0 bridgehead atoms. The van der Waals surface area contributed by atoms with Gasteiger partial charge in [-0.05, 0) is 41.8 Å². The summed E-state index contributed by atoms with van der Waals surface area (Å²) in [7, 11) is 0. The van der Waals surface area contributed by atoms with Crippen LogP contribution in [0, 0.1) is 5.82 Å². The van der Waals surface area contributed by atoms with Crippen molar-refractivity contribution in [2.45, 2.75) is 12.8 Å². The van der Waals surface area contributed by atoms with Gasteiger partial charge in [-0.25, -0.2) is 4.39 Å². The van der Waals surface area contributed by atoms with E-state index in [0.717, 1.165) is 5.56 Å². The van der Waals surface area contributed by atoms with Crippen LogP contribution in [-0.2, 0) is 16.0 Å². The van der Waals surface area contributed by atoms with Gasteiger partial charge in [0, 0.05) is 23.2 Å². The summed E-state index contributed by atoms with van der Waals surface area (Å²) in [5.41, 5.74) is 2.36. The van der Waals surface area contributed by atoms with Crippen LogP contribution < -0.4 is 10.6 Å². The topological polar surface area (TPSA) is 95.5 Å². The molecule has 2 aromatic rings. The first kappa shape index (κ1) is 16.6. The van der Waals surface area contributed by atoms with Gasteiger partial charge in [-0.15, -0.1) is 0 Å². The van der Waals surface area contributed by atoms with Crippen LogP contribution >= 0.6 is 0 Å². The van der Waals surface area contributed by atoms with E-state index in [9.17, 15) is 18.8 Å². The lowest BCUT2D eigenvalue weighted by Gasteiger charge is -2.18. The monoisotopic (exact) mass is 342 g/mol. The van der Waals surface area contributed by atoms with Crippen molar-refractivity contribution in [1.29, 1.82) is 0 Å². The van der Waals surface area contributed by atoms with Gasteiger partial charge in [0.1, 0.15) is 12.4 Å². The molecular weight excluding hydrogens is 327 g/mol. The van der Waals surface area contributed by atoms with E-state index in [4.69, 9.17) is 5.11 Å². The molecule has 0 fully saturated rings. The molecule has 128 valence electrons. The minimum absolute atomic E-state index is 0.142. The van der Waals surface area contributed by atoms with Crippen LogP contribution in [0.2, 0.25) is 0 Å². The second-order valence-electron chi connectivity index (χ2n) is 5.69. The van der Waals surface area contributed by atoms with Gasteiger partial charge in [-0.1, -0.05) is 12.1 Å². The molecule has 3 rings (SSSR count). The molecule has 0 aliphatic carbocycles. The predicted molar refractivity (Wildman–Crippen MR) is 88.8 cm³/mol. The van der Waals surface area contributed by atoms with Gasteiger partial charge in [0.15, 0.2) is 0 Å². The Balaban J connectivity index is 1.92. The molecule has 6 nitrogen and oxygen atoms in total. The molecular formula is C18H15FN2O4. The summed E-state index contributed by atoms with van der Waals surface area (Å²) in [5, 5.41) is 13.5. The van der Waals surface area contributed by atoms with Crippen molar-refractivity contribution in [2.24, 2.45) is 0 Å². The summed E-state index contributed by atoms with van der Waals surface area (Å²) in [6.45, 7) is -0.490. The van der Waals surface area contributed by atoms with E-state index in [1.807, 2.05) is 0 Å². The number of aliphatic carboxylic acids is 1. The molecule has 25 heavy (non-hydrogen) atoms. The Morgan fingerprint density at radius 1 is 1.20 bits per heavy atom. The molecule has 1 heterocycles. The first-order chi connectivity index (χ1) is 11.9. The molecule has 1 aliphatic heterocycles. The second-order valence-corrected chi connectivity index (χ2v) is 5.69. The number of aryl methyl sites for hydroxylation is 1. The normalized spacial score (nSPS) is 12.9. The van der Waals surface area contributed by atoms with E-state index in [1.54, 1.807) is 18.2 Å². The van der Waals surface area contributed by atoms with E-state index in [1.165, 1.54) is 18.2 Å². The molecule has 0 atom stereocenters. The number of carboxylic acids is 1. The third kappa shape index (κ3) is 3.65. The number of benzene rings is 2. The molecule has 2 amide bonds. The fraction of sp³-hybridized carbons (Fsp3) is 0.167. The first-order valence-corrected chi connectivity index (χ1v) is 7.67. The Morgan fingerprint density at radius 3 is 2.76 bits per heavy atom. The van der Waals surface area contributed by atoms with E-state index in [0.29, 0.717) is 29.7 Å². The van der Waals surface area contributed by atoms with Crippen molar-refractivity contribution in [1.82, 2.24) is 5.32 Å². The smallest absolute Gasteiger partial charge is 0.322 e. The van der Waals surface area contributed by atoms with Crippen LogP contribution in [-0.4, -0.2) is 29.4 Å². The Hall–Kier alpha value is -3.22. The lowest BCUT2D eigenvalue weighted by atomic mass is 9.95. The van der Waals surface area contributed by atoms with Crippen molar-refractivity contribution in [3.63, 3.8) is 0 Å². The summed E-state index contributed by atoms with van der Waals surface area (Å²) in [6.07, 6.45) is 0.864. The lowest BCUT2D eigenvalue weighted by molar-refractivity contribution is -0.135. The van der Waals surface area contributed by atoms with Crippen LogP contribution in [0.5, 0.6) is 0 Å². The van der Waals surface area contributed by atoms with E-state index in [2.05, 4.69) is 10.6 Å². The van der Waals surface area contributed by atoms with Crippen LogP contribution in [0.3, 0.4) is 0 Å². The molecule has 0 saturated heterocycles. The van der Waals surface area contributed by atoms with Gasteiger partial charge in [-0.3, -0.25) is 14.4 Å². The maximum Gasteiger partial charge on any atom is 0.322 e. The Morgan fingerprint density at radius 2 is 2.00 bits per heavy atom. The number of hydrogen-bond acceptors (Lipinski definition) is 3. The number of carbonyl (C=O) groups excluding carboxylic acids is 2. The van der Waals surface area contributed by atoms with Gasteiger partial charge < -0.3 is 15.7 Å². The zero-order valence-electron chi connectivity index (χ0n) is 13.1. The van der Waals surface area contributed by atoms with Crippen molar-refractivity contribution < 1.29 is 23.9 Å². The molecule has 0 saturated carbocycles. The molecule has 0 spiro atoms. The highest BCUT2D eigenvalue weighted by atomic mass is 19.1. The number of carbonyl (C=O) groups is 3. The number of halogens is 1. The van der Waals surface area contributed by atoms with Gasteiger partial charge in [0.05, 0.1) is 0 Å². The third-order valence-electron chi connectivity index (χ3n) is 3.92. The molecule has 0 aromatic heterocycles. The highest BCUT2D eigenvalue weighted by molar-refractivity contribution is 5.97. The standard InChI is InChI=1S/C18H15FN2O4/c19-14-8-15-11(4-5-16(22)21-15)7-13(14)10-2-1-3-12(6-10)18(25)20-9-17(23)24/h1-3,6-8H,4-5,9H2,(H,20,25)(H,21,22)(H,23,24). The average Bonchev–Trinajstić information content (AvgIpc) is 2.59. The molecule has 1 aliphatic rings. The summed E-state index contributed by atoms with van der Waals surface area (Å²) in [4.78, 5) is 33.9. The summed E-state index contributed by atoms with van der Waals surface area (Å²) in [6, 6.07) is 9.24.